The van der Waals surface area contributed by atoms with E-state index in [0.717, 1.165) is 6.04 Å². The maximum atomic E-state index is 2.77. The summed E-state index contributed by atoms with van der Waals surface area (Å²) in [6.07, 6.45) is 5.13. The molecule has 1 fully saturated rings. The standard InChI is InChI=1S/C22H28N2/c1-17-22-11-7-6-8-18(22)14-15-24(17)21-13-12-20(16-21)23(2)19-9-4-3-5-10-19/h3-11,17,20-21H,12-16H2,1-2H3. The molecule has 3 unspecified atom stereocenters. The number of benzene rings is 2. The zero-order chi connectivity index (χ0) is 16.5. The minimum absolute atomic E-state index is 0.556. The number of anilines is 1. The van der Waals surface area contributed by atoms with Crippen LogP contribution in [0.1, 0.15) is 43.4 Å². The molecule has 1 aliphatic carbocycles. The van der Waals surface area contributed by atoms with Crippen molar-refractivity contribution in [3.05, 3.63) is 65.7 Å². The Hall–Kier alpha value is -1.80. The topological polar surface area (TPSA) is 6.48 Å². The van der Waals surface area contributed by atoms with E-state index in [1.54, 1.807) is 11.1 Å². The number of fused-ring (bicyclic) bond motifs is 1. The lowest BCUT2D eigenvalue weighted by Crippen LogP contribution is -2.41. The third-order valence-electron chi connectivity index (χ3n) is 6.20. The molecule has 4 rings (SSSR count). The molecule has 0 aromatic heterocycles. The Morgan fingerprint density at radius 1 is 0.958 bits per heavy atom. The van der Waals surface area contributed by atoms with Crippen LogP contribution in [0.5, 0.6) is 0 Å². The van der Waals surface area contributed by atoms with Crippen LogP contribution >= 0.6 is 0 Å². The Kier molecular flexibility index (Phi) is 4.32. The van der Waals surface area contributed by atoms with Gasteiger partial charge >= 0.3 is 0 Å². The minimum Gasteiger partial charge on any atom is -0.372 e. The minimum atomic E-state index is 0.556. The van der Waals surface area contributed by atoms with E-state index in [0.29, 0.717) is 12.1 Å². The van der Waals surface area contributed by atoms with Gasteiger partial charge in [0.25, 0.3) is 0 Å². The average molecular weight is 320 g/mol. The van der Waals surface area contributed by atoms with Gasteiger partial charge in [-0.15, -0.1) is 0 Å². The van der Waals surface area contributed by atoms with E-state index in [1.807, 2.05) is 0 Å². The van der Waals surface area contributed by atoms with Crippen LogP contribution < -0.4 is 4.90 Å². The van der Waals surface area contributed by atoms with Crippen LogP contribution in [0.4, 0.5) is 5.69 Å². The zero-order valence-corrected chi connectivity index (χ0v) is 14.9. The summed E-state index contributed by atoms with van der Waals surface area (Å²) in [4.78, 5) is 5.25. The molecule has 2 heteroatoms. The fourth-order valence-corrected chi connectivity index (χ4v) is 4.75. The maximum Gasteiger partial charge on any atom is 0.0366 e. The van der Waals surface area contributed by atoms with Crippen molar-refractivity contribution >= 4 is 5.69 Å². The SMILES string of the molecule is CC1c2ccccc2CCN1C1CCC(N(C)c2ccccc2)C1. The highest BCUT2D eigenvalue weighted by atomic mass is 15.2. The first kappa shape index (κ1) is 15.7. The number of para-hydroxylation sites is 1. The summed E-state index contributed by atoms with van der Waals surface area (Å²) in [5.41, 5.74) is 4.45. The van der Waals surface area contributed by atoms with Gasteiger partial charge in [0, 0.05) is 37.4 Å². The number of hydrogen-bond acceptors (Lipinski definition) is 2. The molecule has 0 amide bonds. The highest BCUT2D eigenvalue weighted by Gasteiger charge is 2.35. The van der Waals surface area contributed by atoms with Gasteiger partial charge in [0.2, 0.25) is 0 Å². The number of rotatable bonds is 3. The molecule has 3 atom stereocenters. The maximum absolute atomic E-state index is 2.77. The first-order chi connectivity index (χ1) is 11.7. The molecular formula is C22H28N2. The van der Waals surface area contributed by atoms with Crippen molar-refractivity contribution in [2.24, 2.45) is 0 Å². The molecule has 0 N–H and O–H groups in total. The second kappa shape index (κ2) is 6.60. The molecule has 2 aromatic carbocycles. The van der Waals surface area contributed by atoms with Crippen molar-refractivity contribution in [1.82, 2.24) is 4.90 Å². The molecule has 0 spiro atoms. The highest BCUT2D eigenvalue weighted by Crippen LogP contribution is 2.37. The Morgan fingerprint density at radius 3 is 2.54 bits per heavy atom. The predicted octanol–water partition coefficient (Wildman–Crippen LogP) is 4.66. The molecule has 2 aliphatic rings. The van der Waals surface area contributed by atoms with Gasteiger partial charge in [-0.2, -0.15) is 0 Å². The van der Waals surface area contributed by atoms with Gasteiger partial charge in [-0.25, -0.2) is 0 Å². The van der Waals surface area contributed by atoms with E-state index in [4.69, 9.17) is 0 Å². The van der Waals surface area contributed by atoms with Crippen LogP contribution in [0.2, 0.25) is 0 Å². The monoisotopic (exact) mass is 320 g/mol. The summed E-state index contributed by atoms with van der Waals surface area (Å²) in [5.74, 6) is 0. The molecule has 1 aliphatic heterocycles. The van der Waals surface area contributed by atoms with Crippen molar-refractivity contribution in [3.63, 3.8) is 0 Å². The second-order valence-electron chi connectivity index (χ2n) is 7.43. The van der Waals surface area contributed by atoms with E-state index in [1.165, 1.54) is 37.9 Å². The fraction of sp³-hybridized carbons (Fsp3) is 0.455. The zero-order valence-electron chi connectivity index (χ0n) is 14.9. The molecule has 1 saturated carbocycles. The lowest BCUT2D eigenvalue weighted by Gasteiger charge is -2.40. The molecule has 126 valence electrons. The van der Waals surface area contributed by atoms with Crippen LogP contribution in [-0.4, -0.2) is 30.6 Å². The van der Waals surface area contributed by atoms with E-state index in [-0.39, 0.29) is 0 Å². The van der Waals surface area contributed by atoms with Crippen molar-refractivity contribution in [3.8, 4) is 0 Å². The van der Waals surface area contributed by atoms with Crippen molar-refractivity contribution in [2.45, 2.75) is 50.7 Å². The quantitative estimate of drug-likeness (QED) is 0.811. The Morgan fingerprint density at radius 2 is 1.71 bits per heavy atom. The summed E-state index contributed by atoms with van der Waals surface area (Å²) < 4.78 is 0. The number of hydrogen-bond donors (Lipinski definition) is 0. The Balaban J connectivity index is 1.46. The van der Waals surface area contributed by atoms with Crippen molar-refractivity contribution in [1.29, 1.82) is 0 Å². The van der Waals surface area contributed by atoms with Gasteiger partial charge in [0.05, 0.1) is 0 Å². The summed E-state index contributed by atoms with van der Waals surface area (Å²) in [6.45, 7) is 3.61. The van der Waals surface area contributed by atoms with Crippen molar-refractivity contribution in [2.75, 3.05) is 18.5 Å². The van der Waals surface area contributed by atoms with Gasteiger partial charge in [-0.3, -0.25) is 4.90 Å². The van der Waals surface area contributed by atoms with Gasteiger partial charge in [-0.05, 0) is 55.9 Å². The van der Waals surface area contributed by atoms with E-state index in [2.05, 4.69) is 78.4 Å². The average Bonchev–Trinajstić information content (AvgIpc) is 3.12. The molecule has 2 nitrogen and oxygen atoms in total. The third kappa shape index (κ3) is 2.84. The molecular weight excluding hydrogens is 292 g/mol. The van der Waals surface area contributed by atoms with Crippen LogP contribution in [-0.2, 0) is 6.42 Å². The first-order valence-electron chi connectivity index (χ1n) is 9.35. The van der Waals surface area contributed by atoms with Gasteiger partial charge in [-0.1, -0.05) is 42.5 Å². The predicted molar refractivity (Wildman–Crippen MR) is 102 cm³/mol. The number of nitrogens with zero attached hydrogens (tertiary/aromatic N) is 2. The summed E-state index contributed by atoms with van der Waals surface area (Å²) >= 11 is 0. The molecule has 24 heavy (non-hydrogen) atoms. The van der Waals surface area contributed by atoms with Crippen molar-refractivity contribution < 1.29 is 0 Å². The van der Waals surface area contributed by atoms with E-state index < -0.39 is 0 Å². The van der Waals surface area contributed by atoms with Crippen LogP contribution in [0.25, 0.3) is 0 Å². The third-order valence-corrected chi connectivity index (χ3v) is 6.20. The lowest BCUT2D eigenvalue weighted by molar-refractivity contribution is 0.135. The Bertz CT molecular complexity index is 681. The van der Waals surface area contributed by atoms with Gasteiger partial charge in [0.1, 0.15) is 0 Å². The Labute approximate surface area is 146 Å². The largest absolute Gasteiger partial charge is 0.372 e. The first-order valence-corrected chi connectivity index (χ1v) is 9.35. The normalized spacial score (nSPS) is 27.0. The molecule has 0 saturated heterocycles. The molecule has 2 aromatic rings. The fourth-order valence-electron chi connectivity index (χ4n) is 4.75. The van der Waals surface area contributed by atoms with Crippen LogP contribution in [0.3, 0.4) is 0 Å². The lowest BCUT2D eigenvalue weighted by atomic mass is 9.92. The molecule has 1 heterocycles. The van der Waals surface area contributed by atoms with Crippen LogP contribution in [0, 0.1) is 0 Å². The van der Waals surface area contributed by atoms with Gasteiger partial charge in [0.15, 0.2) is 0 Å². The summed E-state index contributed by atoms with van der Waals surface area (Å²) in [6, 6.07) is 21.8. The molecule has 0 bridgehead atoms. The summed E-state index contributed by atoms with van der Waals surface area (Å²) in [7, 11) is 2.26. The van der Waals surface area contributed by atoms with E-state index >= 15 is 0 Å². The van der Waals surface area contributed by atoms with E-state index in [9.17, 15) is 0 Å². The van der Waals surface area contributed by atoms with Gasteiger partial charge < -0.3 is 4.90 Å². The van der Waals surface area contributed by atoms with Crippen LogP contribution in [0.15, 0.2) is 54.6 Å². The summed E-state index contributed by atoms with van der Waals surface area (Å²) in [5, 5.41) is 0. The second-order valence-corrected chi connectivity index (χ2v) is 7.43. The highest BCUT2D eigenvalue weighted by molar-refractivity contribution is 5.46. The smallest absolute Gasteiger partial charge is 0.0366 e. The molecule has 0 radical (unpaired) electrons.